The molecule has 0 saturated carbocycles. The van der Waals surface area contributed by atoms with E-state index in [1.54, 1.807) is 18.2 Å². The number of nitrogens with two attached hydrogens (primary N) is 1. The van der Waals surface area contributed by atoms with E-state index in [1.165, 1.54) is 6.08 Å². The topological polar surface area (TPSA) is 43.1 Å². The van der Waals surface area contributed by atoms with E-state index in [-0.39, 0.29) is 0 Å². The summed E-state index contributed by atoms with van der Waals surface area (Å²) in [5, 5.41) is 0.595. The lowest BCUT2D eigenvalue weighted by atomic mass is 10.1. The maximum atomic E-state index is 10.1. The van der Waals surface area contributed by atoms with Gasteiger partial charge in [-0.15, -0.1) is 0 Å². The van der Waals surface area contributed by atoms with E-state index in [0.29, 0.717) is 17.0 Å². The number of halogens is 1. The number of nitrogen functional groups attached to an aromatic ring is 1. The molecule has 0 amide bonds. The van der Waals surface area contributed by atoms with Crippen molar-refractivity contribution in [1.29, 1.82) is 0 Å². The van der Waals surface area contributed by atoms with Gasteiger partial charge in [-0.05, 0) is 30.2 Å². The molecule has 0 saturated heterocycles. The van der Waals surface area contributed by atoms with Gasteiger partial charge in [0.1, 0.15) is 6.29 Å². The summed E-state index contributed by atoms with van der Waals surface area (Å²) in [4.78, 5) is 10.1. The highest BCUT2D eigenvalue weighted by molar-refractivity contribution is 6.33. The smallest absolute Gasteiger partial charge is 0.142 e. The number of benzene rings is 1. The molecule has 1 aromatic rings. The fourth-order valence-electron chi connectivity index (χ4n) is 0.993. The highest BCUT2D eigenvalue weighted by atomic mass is 35.5. The number of rotatable bonds is 2. The zero-order chi connectivity index (χ0) is 9.84. The largest absolute Gasteiger partial charge is 0.398 e. The summed E-state index contributed by atoms with van der Waals surface area (Å²) in [6.45, 7) is 1.84. The highest BCUT2D eigenvalue weighted by Gasteiger charge is 2.02. The molecule has 0 aliphatic rings. The highest BCUT2D eigenvalue weighted by Crippen LogP contribution is 2.26. The zero-order valence-corrected chi connectivity index (χ0v) is 8.01. The van der Waals surface area contributed by atoms with Gasteiger partial charge in [0.05, 0.1) is 5.02 Å². The predicted molar refractivity (Wildman–Crippen MR) is 55.7 cm³/mol. The van der Waals surface area contributed by atoms with Crippen LogP contribution in [0.4, 0.5) is 5.69 Å². The number of carbonyl (C=O) groups excluding carboxylic acids is 1. The third kappa shape index (κ3) is 2.10. The van der Waals surface area contributed by atoms with E-state index in [2.05, 4.69) is 0 Å². The molecule has 0 aliphatic carbocycles. The van der Waals surface area contributed by atoms with Gasteiger partial charge in [0.2, 0.25) is 0 Å². The first-order chi connectivity index (χ1) is 6.16. The summed E-state index contributed by atoms with van der Waals surface area (Å²) in [6, 6.07) is 3.55. The normalized spacial score (nSPS) is 10.6. The summed E-state index contributed by atoms with van der Waals surface area (Å²) >= 11 is 5.99. The molecule has 0 bridgehead atoms. The first-order valence-electron chi connectivity index (χ1n) is 3.83. The van der Waals surface area contributed by atoms with Crippen LogP contribution in [0.2, 0.25) is 5.02 Å². The lowest BCUT2D eigenvalue weighted by molar-refractivity contribution is -0.104. The van der Waals surface area contributed by atoms with Crippen molar-refractivity contribution in [3.05, 3.63) is 34.4 Å². The quantitative estimate of drug-likeness (QED) is 0.448. The Kier molecular flexibility index (Phi) is 3.09. The fourth-order valence-corrected chi connectivity index (χ4v) is 1.23. The average Bonchev–Trinajstić information content (AvgIpc) is 2.13. The number of hydrogen-bond acceptors (Lipinski definition) is 2. The van der Waals surface area contributed by atoms with E-state index in [9.17, 15) is 4.79 Å². The van der Waals surface area contributed by atoms with Gasteiger partial charge in [-0.25, -0.2) is 0 Å². The number of aldehydes is 1. The molecule has 1 aromatic carbocycles. The van der Waals surface area contributed by atoms with Crippen LogP contribution in [0.3, 0.4) is 0 Å². The van der Waals surface area contributed by atoms with Crippen LogP contribution in [0.15, 0.2) is 18.2 Å². The zero-order valence-electron chi connectivity index (χ0n) is 7.25. The molecule has 0 aliphatic heterocycles. The van der Waals surface area contributed by atoms with Crippen LogP contribution in [-0.2, 0) is 4.79 Å². The third-order valence-electron chi connectivity index (χ3n) is 1.81. The van der Waals surface area contributed by atoms with Crippen molar-refractivity contribution in [3.8, 4) is 0 Å². The van der Waals surface area contributed by atoms with E-state index in [1.807, 2.05) is 6.92 Å². The summed E-state index contributed by atoms with van der Waals surface area (Å²) < 4.78 is 0. The number of carbonyl (C=O) groups is 1. The van der Waals surface area contributed by atoms with Crippen molar-refractivity contribution in [2.24, 2.45) is 0 Å². The van der Waals surface area contributed by atoms with Crippen molar-refractivity contribution in [2.45, 2.75) is 6.92 Å². The minimum atomic E-state index is 0.595. The Hall–Kier alpha value is -1.28. The second-order valence-electron chi connectivity index (χ2n) is 2.68. The average molecular weight is 196 g/mol. The van der Waals surface area contributed by atoms with Gasteiger partial charge < -0.3 is 5.73 Å². The summed E-state index contributed by atoms with van der Waals surface area (Å²) in [6.07, 6.45) is 3.76. The molecular formula is C10H10ClNO. The van der Waals surface area contributed by atoms with Crippen molar-refractivity contribution < 1.29 is 4.79 Å². The van der Waals surface area contributed by atoms with Crippen LogP contribution < -0.4 is 5.73 Å². The minimum Gasteiger partial charge on any atom is -0.398 e. The molecule has 1 rings (SSSR count). The molecule has 13 heavy (non-hydrogen) atoms. The molecular weight excluding hydrogens is 186 g/mol. The predicted octanol–water partition coefficient (Wildman–Crippen LogP) is 2.44. The molecule has 3 heteroatoms. The Bertz CT molecular complexity index is 358. The van der Waals surface area contributed by atoms with Gasteiger partial charge in [0.15, 0.2) is 0 Å². The van der Waals surface area contributed by atoms with Crippen molar-refractivity contribution in [3.63, 3.8) is 0 Å². The fraction of sp³-hybridized carbons (Fsp3) is 0.100. The summed E-state index contributed by atoms with van der Waals surface area (Å²) in [5.74, 6) is 0. The number of hydrogen-bond donors (Lipinski definition) is 1. The maximum absolute atomic E-state index is 10.1. The van der Waals surface area contributed by atoms with Crippen molar-refractivity contribution >= 4 is 29.7 Å². The van der Waals surface area contributed by atoms with Gasteiger partial charge >= 0.3 is 0 Å². The summed E-state index contributed by atoms with van der Waals surface area (Å²) in [5.41, 5.74) is 7.95. The first kappa shape index (κ1) is 9.81. The molecule has 0 atom stereocenters. The molecule has 0 fully saturated rings. The molecule has 0 unspecified atom stereocenters. The molecule has 0 radical (unpaired) electrons. The molecule has 0 aromatic heterocycles. The van der Waals surface area contributed by atoms with Crippen LogP contribution in [0.5, 0.6) is 0 Å². The second-order valence-corrected chi connectivity index (χ2v) is 3.06. The molecule has 0 heterocycles. The van der Waals surface area contributed by atoms with Gasteiger partial charge in [0.25, 0.3) is 0 Å². The van der Waals surface area contributed by atoms with Crippen molar-refractivity contribution in [1.82, 2.24) is 0 Å². The number of allylic oxidation sites excluding steroid dienone is 1. The molecule has 68 valence electrons. The Morgan fingerprint density at radius 2 is 2.15 bits per heavy atom. The van der Waals surface area contributed by atoms with E-state index in [4.69, 9.17) is 17.3 Å². The van der Waals surface area contributed by atoms with Crippen LogP contribution >= 0.6 is 11.6 Å². The minimum absolute atomic E-state index is 0.595. The Morgan fingerprint density at radius 3 is 2.77 bits per heavy atom. The molecule has 2 N–H and O–H groups in total. The lowest BCUT2D eigenvalue weighted by Gasteiger charge is -2.04. The molecule has 2 nitrogen and oxygen atoms in total. The van der Waals surface area contributed by atoms with Crippen LogP contribution in [0, 0.1) is 6.92 Å². The Morgan fingerprint density at radius 1 is 1.46 bits per heavy atom. The maximum Gasteiger partial charge on any atom is 0.142 e. The third-order valence-corrected chi connectivity index (χ3v) is 2.31. The second kappa shape index (κ2) is 4.10. The molecule has 0 spiro atoms. The van der Waals surface area contributed by atoms with E-state index >= 15 is 0 Å². The van der Waals surface area contributed by atoms with Gasteiger partial charge in [-0.1, -0.05) is 23.7 Å². The lowest BCUT2D eigenvalue weighted by Crippen LogP contribution is -1.91. The summed E-state index contributed by atoms with van der Waals surface area (Å²) in [7, 11) is 0. The van der Waals surface area contributed by atoms with Crippen LogP contribution in [-0.4, -0.2) is 6.29 Å². The van der Waals surface area contributed by atoms with Gasteiger partial charge in [-0.2, -0.15) is 0 Å². The van der Waals surface area contributed by atoms with Crippen molar-refractivity contribution in [2.75, 3.05) is 5.73 Å². The van der Waals surface area contributed by atoms with Crippen LogP contribution in [0.25, 0.3) is 6.08 Å². The SMILES string of the molecule is Cc1c(N)ccc(C=CC=O)c1Cl. The first-order valence-corrected chi connectivity index (χ1v) is 4.21. The Balaban J connectivity index is 3.17. The van der Waals surface area contributed by atoms with E-state index < -0.39 is 0 Å². The van der Waals surface area contributed by atoms with Crippen LogP contribution in [0.1, 0.15) is 11.1 Å². The number of anilines is 1. The standard InChI is InChI=1S/C10H10ClNO/c1-7-9(12)5-4-8(10(7)11)3-2-6-13/h2-6H,12H2,1H3. The Labute approximate surface area is 82.0 Å². The van der Waals surface area contributed by atoms with E-state index in [0.717, 1.165) is 11.1 Å². The van der Waals surface area contributed by atoms with Gasteiger partial charge in [0, 0.05) is 5.69 Å². The monoisotopic (exact) mass is 195 g/mol. The van der Waals surface area contributed by atoms with Gasteiger partial charge in [-0.3, -0.25) is 4.79 Å².